The first-order chi connectivity index (χ1) is 9.73. The van der Waals surface area contributed by atoms with Crippen LogP contribution in [-0.2, 0) is 6.18 Å². The van der Waals surface area contributed by atoms with Crippen LogP contribution in [0.3, 0.4) is 0 Å². The zero-order valence-corrected chi connectivity index (χ0v) is 10.7. The van der Waals surface area contributed by atoms with Crippen LogP contribution in [-0.4, -0.2) is 19.9 Å². The van der Waals surface area contributed by atoms with Crippen LogP contribution in [0.5, 0.6) is 0 Å². The number of nitro groups is 1. The Balaban J connectivity index is 2.77. The van der Waals surface area contributed by atoms with E-state index >= 15 is 0 Å². The average molecular weight is 320 g/mol. The van der Waals surface area contributed by atoms with Crippen molar-refractivity contribution in [3.05, 3.63) is 51.8 Å². The van der Waals surface area contributed by atoms with Crippen molar-refractivity contribution in [2.45, 2.75) is 6.18 Å². The molecule has 0 aliphatic rings. The van der Waals surface area contributed by atoms with Gasteiger partial charge >= 0.3 is 6.18 Å². The quantitative estimate of drug-likeness (QED) is 0.494. The fraction of sp³-hybridized carbons (Fsp3) is 0.0909. The topological polar surface area (TPSA) is 78.0 Å². The molecule has 0 aliphatic carbocycles. The monoisotopic (exact) mass is 319 g/mol. The summed E-state index contributed by atoms with van der Waals surface area (Å²) in [5, 5.41) is 12.9. The second kappa shape index (κ2) is 5.17. The maximum Gasteiger partial charge on any atom is 0.434 e. The van der Waals surface area contributed by atoms with E-state index in [0.29, 0.717) is 6.20 Å². The molecule has 1 aromatic carbocycles. The molecule has 0 unspecified atom stereocenters. The van der Waals surface area contributed by atoms with Gasteiger partial charge in [0.1, 0.15) is 5.69 Å². The highest BCUT2D eigenvalue weighted by molar-refractivity contribution is 6.67. The summed E-state index contributed by atoms with van der Waals surface area (Å²) in [6, 6.07) is 4.72. The fourth-order valence-electron chi connectivity index (χ4n) is 1.75. The van der Waals surface area contributed by atoms with Crippen LogP contribution < -0.4 is 0 Å². The number of nitrogens with zero attached hydrogens (tertiary/aromatic N) is 3. The van der Waals surface area contributed by atoms with Crippen molar-refractivity contribution < 1.29 is 22.9 Å². The van der Waals surface area contributed by atoms with Crippen LogP contribution in [0.1, 0.15) is 16.1 Å². The van der Waals surface area contributed by atoms with Crippen molar-refractivity contribution >= 4 is 22.5 Å². The molecule has 0 atom stereocenters. The van der Waals surface area contributed by atoms with E-state index in [2.05, 4.69) is 5.10 Å². The minimum Gasteiger partial charge on any atom is -0.275 e. The molecule has 0 spiro atoms. The minimum atomic E-state index is -4.96. The molecule has 6 nitrogen and oxygen atoms in total. The Kier molecular flexibility index (Phi) is 3.69. The number of aromatic nitrogens is 2. The third kappa shape index (κ3) is 2.72. The van der Waals surface area contributed by atoms with Crippen LogP contribution >= 0.6 is 11.6 Å². The van der Waals surface area contributed by atoms with E-state index in [9.17, 15) is 28.1 Å². The number of carbonyl (C=O) groups excluding carboxylic acids is 1. The van der Waals surface area contributed by atoms with Crippen LogP contribution in [0.25, 0.3) is 5.69 Å². The predicted octanol–water partition coefficient (Wildman–Crippen LogP) is 3.18. The molecule has 1 aromatic heterocycles. The number of carbonyl (C=O) groups is 1. The molecular weight excluding hydrogens is 315 g/mol. The summed E-state index contributed by atoms with van der Waals surface area (Å²) in [6.45, 7) is 0. The van der Waals surface area contributed by atoms with Gasteiger partial charge in [0, 0.05) is 6.07 Å². The van der Waals surface area contributed by atoms with Crippen LogP contribution in [0.4, 0.5) is 18.9 Å². The Morgan fingerprint density at radius 3 is 2.48 bits per heavy atom. The molecule has 0 radical (unpaired) electrons. The van der Waals surface area contributed by atoms with Crippen molar-refractivity contribution in [2.24, 2.45) is 0 Å². The standard InChI is InChI=1S/C11H5ClF3N3O3/c12-10(19)6-5-16-17(9(6)11(13,14)15)7-3-1-2-4-8(7)18(20)21/h1-5H. The van der Waals surface area contributed by atoms with Gasteiger partial charge in [0.15, 0.2) is 5.69 Å². The number of hydrogen-bond donors (Lipinski definition) is 0. The molecule has 21 heavy (non-hydrogen) atoms. The average Bonchev–Trinajstić information content (AvgIpc) is 2.83. The molecule has 10 heteroatoms. The van der Waals surface area contributed by atoms with Gasteiger partial charge in [-0.3, -0.25) is 14.9 Å². The molecule has 110 valence electrons. The van der Waals surface area contributed by atoms with Crippen LogP contribution in [0.2, 0.25) is 0 Å². The summed E-state index contributed by atoms with van der Waals surface area (Å²) in [5.74, 6) is 0. The van der Waals surface area contributed by atoms with Gasteiger partial charge in [-0.25, -0.2) is 4.68 Å². The van der Waals surface area contributed by atoms with E-state index in [1.807, 2.05) is 0 Å². The first kappa shape index (κ1) is 15.0. The summed E-state index contributed by atoms with van der Waals surface area (Å²) in [6.07, 6.45) is -4.34. The zero-order valence-electron chi connectivity index (χ0n) is 9.96. The highest BCUT2D eigenvalue weighted by Crippen LogP contribution is 2.35. The first-order valence-corrected chi connectivity index (χ1v) is 5.70. The lowest BCUT2D eigenvalue weighted by atomic mass is 10.2. The fourth-order valence-corrected chi connectivity index (χ4v) is 1.88. The van der Waals surface area contributed by atoms with Crippen LogP contribution in [0.15, 0.2) is 30.5 Å². The molecule has 0 amide bonds. The largest absolute Gasteiger partial charge is 0.434 e. The van der Waals surface area contributed by atoms with Gasteiger partial charge < -0.3 is 0 Å². The molecule has 0 N–H and O–H groups in total. The number of para-hydroxylation sites is 2. The molecule has 0 aliphatic heterocycles. The summed E-state index contributed by atoms with van der Waals surface area (Å²) in [4.78, 5) is 21.1. The van der Waals surface area contributed by atoms with E-state index in [1.165, 1.54) is 12.1 Å². The second-order valence-electron chi connectivity index (χ2n) is 3.84. The lowest BCUT2D eigenvalue weighted by molar-refractivity contribution is -0.384. The van der Waals surface area contributed by atoms with Crippen molar-refractivity contribution in [2.75, 3.05) is 0 Å². The van der Waals surface area contributed by atoms with Gasteiger partial charge in [0.05, 0.1) is 16.7 Å². The van der Waals surface area contributed by atoms with Gasteiger partial charge in [-0.15, -0.1) is 0 Å². The first-order valence-electron chi connectivity index (χ1n) is 5.32. The molecule has 2 aromatic rings. The molecule has 2 rings (SSSR count). The van der Waals surface area contributed by atoms with E-state index in [0.717, 1.165) is 12.1 Å². The molecular formula is C11H5ClF3N3O3. The number of rotatable bonds is 3. The van der Waals surface area contributed by atoms with Crippen molar-refractivity contribution in [3.63, 3.8) is 0 Å². The van der Waals surface area contributed by atoms with Crippen LogP contribution in [0, 0.1) is 10.1 Å². The summed E-state index contributed by atoms with van der Waals surface area (Å²) in [5.41, 5.74) is -3.34. The number of halogens is 4. The number of alkyl halides is 3. The molecule has 0 saturated heterocycles. The molecule has 0 bridgehead atoms. The summed E-state index contributed by atoms with van der Waals surface area (Å²) in [7, 11) is 0. The normalized spacial score (nSPS) is 11.4. The Labute approximate surface area is 119 Å². The van der Waals surface area contributed by atoms with Gasteiger partial charge in [0.25, 0.3) is 10.9 Å². The van der Waals surface area contributed by atoms with Gasteiger partial charge in [-0.1, -0.05) is 12.1 Å². The lowest BCUT2D eigenvalue weighted by Gasteiger charge is -2.11. The minimum absolute atomic E-state index is 0.285. The molecule has 1 heterocycles. The van der Waals surface area contributed by atoms with E-state index in [4.69, 9.17) is 11.6 Å². The number of hydrogen-bond acceptors (Lipinski definition) is 4. The smallest absolute Gasteiger partial charge is 0.275 e. The summed E-state index contributed by atoms with van der Waals surface area (Å²) < 4.78 is 39.5. The Hall–Kier alpha value is -2.42. The van der Waals surface area contributed by atoms with Gasteiger partial charge in [-0.2, -0.15) is 18.3 Å². The lowest BCUT2D eigenvalue weighted by Crippen LogP contribution is -2.17. The highest BCUT2D eigenvalue weighted by Gasteiger charge is 2.41. The van der Waals surface area contributed by atoms with E-state index < -0.39 is 39.0 Å². The van der Waals surface area contributed by atoms with Gasteiger partial charge in [-0.05, 0) is 17.7 Å². The van der Waals surface area contributed by atoms with Crippen molar-refractivity contribution in [1.82, 2.24) is 9.78 Å². The molecule has 0 fully saturated rings. The second-order valence-corrected chi connectivity index (χ2v) is 4.18. The van der Waals surface area contributed by atoms with E-state index in [1.54, 1.807) is 0 Å². The van der Waals surface area contributed by atoms with Crippen molar-refractivity contribution in [1.29, 1.82) is 0 Å². The van der Waals surface area contributed by atoms with E-state index in [-0.39, 0.29) is 4.68 Å². The third-order valence-electron chi connectivity index (χ3n) is 2.56. The molecule has 0 saturated carbocycles. The van der Waals surface area contributed by atoms with Crippen molar-refractivity contribution in [3.8, 4) is 5.69 Å². The maximum absolute atomic E-state index is 13.1. The number of benzene rings is 1. The third-order valence-corrected chi connectivity index (χ3v) is 2.76. The number of nitro benzene ring substituents is 1. The Morgan fingerprint density at radius 1 is 1.33 bits per heavy atom. The van der Waals surface area contributed by atoms with Gasteiger partial charge in [0.2, 0.25) is 0 Å². The Morgan fingerprint density at radius 2 is 1.95 bits per heavy atom. The SMILES string of the molecule is O=C(Cl)c1cnn(-c2ccccc2[N+](=O)[O-])c1C(F)(F)F. The highest BCUT2D eigenvalue weighted by atomic mass is 35.5. The zero-order chi connectivity index (χ0) is 15.8. The Bertz CT molecular complexity index is 727. The maximum atomic E-state index is 13.1. The predicted molar refractivity (Wildman–Crippen MR) is 65.4 cm³/mol. The summed E-state index contributed by atoms with van der Waals surface area (Å²) >= 11 is 5.09.